The molecule has 2 rings (SSSR count). The third-order valence-corrected chi connectivity index (χ3v) is 2.70. The number of aliphatic carboxylic acids is 1. The Morgan fingerprint density at radius 1 is 0.900 bits per heavy atom. The maximum Gasteiger partial charge on any atom is 0.347 e. The van der Waals surface area contributed by atoms with Gasteiger partial charge in [-0.15, -0.1) is 0 Å². The predicted octanol–water partition coefficient (Wildman–Crippen LogP) is 2.27. The van der Waals surface area contributed by atoms with Gasteiger partial charge < -0.3 is 10.6 Å². The predicted molar refractivity (Wildman–Crippen MR) is 75.8 cm³/mol. The Morgan fingerprint density at radius 2 is 1.30 bits per heavy atom. The van der Waals surface area contributed by atoms with Crippen molar-refractivity contribution in [3.8, 4) is 6.07 Å². The molecule has 0 radical (unpaired) electrons. The van der Waals surface area contributed by atoms with Gasteiger partial charge in [-0.25, -0.2) is 4.79 Å². The highest BCUT2D eigenvalue weighted by Gasteiger charge is 2.17. The van der Waals surface area contributed by atoms with E-state index >= 15 is 0 Å². The van der Waals surface area contributed by atoms with Gasteiger partial charge >= 0.3 is 5.97 Å². The number of nitrogens with zero attached hydrogens (tertiary/aromatic N) is 1. The molecule has 2 aromatic carbocycles. The van der Waals surface area contributed by atoms with Gasteiger partial charge in [-0.2, -0.15) is 5.26 Å². The number of nitriles is 1. The van der Waals surface area contributed by atoms with E-state index < -0.39 is 5.97 Å². The Hall–Kier alpha value is -2.90. The van der Waals surface area contributed by atoms with Crippen LogP contribution in [0.15, 0.2) is 66.2 Å². The fourth-order valence-corrected chi connectivity index (χ4v) is 1.88. The largest absolute Gasteiger partial charge is 0.477 e. The molecule has 0 atom stereocenters. The summed E-state index contributed by atoms with van der Waals surface area (Å²) in [6, 6.07) is 19.9. The Morgan fingerprint density at radius 3 is 1.60 bits per heavy atom. The fraction of sp³-hybridized carbons (Fsp3) is 0. The van der Waals surface area contributed by atoms with E-state index in [-0.39, 0.29) is 11.0 Å². The van der Waals surface area contributed by atoms with Gasteiger partial charge in [0.1, 0.15) is 11.6 Å². The standard InChI is InChI=1S/C16H11NO2.H2O/c17-11-14(16(18)19)15(12-7-3-1-4-8-12)13-9-5-2-6-10-13;/h1-10H,(H,18,19);1H2. The summed E-state index contributed by atoms with van der Waals surface area (Å²) in [5.41, 5.74) is 1.62. The molecule has 0 fully saturated rings. The summed E-state index contributed by atoms with van der Waals surface area (Å²) < 4.78 is 0. The first-order valence-corrected chi connectivity index (χ1v) is 5.72. The van der Waals surface area contributed by atoms with E-state index in [1.165, 1.54) is 0 Å². The lowest BCUT2D eigenvalue weighted by atomic mass is 9.93. The number of rotatable bonds is 3. The van der Waals surface area contributed by atoms with Crippen molar-refractivity contribution in [3.63, 3.8) is 0 Å². The first-order chi connectivity index (χ1) is 9.24. The van der Waals surface area contributed by atoms with Crippen LogP contribution in [0.1, 0.15) is 11.1 Å². The Kier molecular flexibility index (Phi) is 5.21. The monoisotopic (exact) mass is 267 g/mol. The Bertz CT molecular complexity index is 614. The number of carbonyl (C=O) groups is 1. The number of hydrogen-bond donors (Lipinski definition) is 1. The second-order valence-electron chi connectivity index (χ2n) is 3.90. The van der Waals surface area contributed by atoms with Crippen molar-refractivity contribution in [1.29, 1.82) is 5.26 Å². The fourth-order valence-electron chi connectivity index (χ4n) is 1.88. The quantitative estimate of drug-likeness (QED) is 0.682. The minimum atomic E-state index is -1.22. The van der Waals surface area contributed by atoms with Crippen molar-refractivity contribution >= 4 is 11.5 Å². The van der Waals surface area contributed by atoms with Gasteiger partial charge in [-0.3, -0.25) is 0 Å². The maximum atomic E-state index is 11.2. The molecule has 100 valence electrons. The molecule has 0 heterocycles. The molecule has 0 aromatic heterocycles. The molecule has 0 aliphatic heterocycles. The van der Waals surface area contributed by atoms with Gasteiger partial charge in [-0.05, 0) is 11.1 Å². The molecule has 0 spiro atoms. The van der Waals surface area contributed by atoms with Crippen molar-refractivity contribution in [2.24, 2.45) is 0 Å². The molecular weight excluding hydrogens is 254 g/mol. The zero-order valence-corrected chi connectivity index (χ0v) is 10.6. The lowest BCUT2D eigenvalue weighted by Crippen LogP contribution is -2.03. The summed E-state index contributed by atoms with van der Waals surface area (Å²) in [6.45, 7) is 0. The molecule has 0 aliphatic carbocycles. The van der Waals surface area contributed by atoms with Crippen LogP contribution in [-0.2, 0) is 4.79 Å². The molecule has 4 nitrogen and oxygen atoms in total. The highest BCUT2D eigenvalue weighted by Crippen LogP contribution is 2.26. The van der Waals surface area contributed by atoms with Crippen LogP contribution in [0.25, 0.3) is 5.57 Å². The molecule has 0 saturated heterocycles. The van der Waals surface area contributed by atoms with Gasteiger partial charge in [0.05, 0.1) is 0 Å². The van der Waals surface area contributed by atoms with E-state index in [1.807, 2.05) is 36.4 Å². The van der Waals surface area contributed by atoms with E-state index in [1.54, 1.807) is 30.3 Å². The number of carboxylic acid groups (broad SMARTS) is 1. The molecule has 0 aliphatic rings. The molecule has 0 bridgehead atoms. The van der Waals surface area contributed by atoms with Crippen molar-refractivity contribution in [1.82, 2.24) is 0 Å². The summed E-state index contributed by atoms with van der Waals surface area (Å²) in [6.07, 6.45) is 0. The van der Waals surface area contributed by atoms with Crippen LogP contribution in [0.4, 0.5) is 0 Å². The van der Waals surface area contributed by atoms with E-state index in [4.69, 9.17) is 5.26 Å². The van der Waals surface area contributed by atoms with Crippen molar-refractivity contribution < 1.29 is 15.4 Å². The molecule has 3 N–H and O–H groups in total. The Labute approximate surface area is 116 Å². The van der Waals surface area contributed by atoms with E-state index in [2.05, 4.69) is 0 Å². The third kappa shape index (κ3) is 3.10. The molecule has 4 heteroatoms. The molecule has 2 aromatic rings. The minimum absolute atomic E-state index is 0. The van der Waals surface area contributed by atoms with Crippen LogP contribution < -0.4 is 0 Å². The summed E-state index contributed by atoms with van der Waals surface area (Å²) in [5, 5.41) is 18.3. The molecule has 0 saturated carbocycles. The van der Waals surface area contributed by atoms with E-state index in [0.29, 0.717) is 16.7 Å². The topological polar surface area (TPSA) is 92.6 Å². The average Bonchev–Trinajstić information content (AvgIpc) is 2.46. The SMILES string of the molecule is N#CC(C(=O)O)=C(c1ccccc1)c1ccccc1.O. The molecule has 0 unspecified atom stereocenters. The van der Waals surface area contributed by atoms with Gasteiger partial charge in [0.15, 0.2) is 0 Å². The van der Waals surface area contributed by atoms with Crippen molar-refractivity contribution in [2.75, 3.05) is 0 Å². The Balaban J connectivity index is 0.00000200. The summed E-state index contributed by atoms with van der Waals surface area (Å²) in [4.78, 5) is 11.2. The zero-order valence-electron chi connectivity index (χ0n) is 10.6. The van der Waals surface area contributed by atoms with Gasteiger partial charge in [-0.1, -0.05) is 60.7 Å². The maximum absolute atomic E-state index is 11.2. The minimum Gasteiger partial charge on any atom is -0.477 e. The first kappa shape index (κ1) is 15.2. The van der Waals surface area contributed by atoms with Crippen LogP contribution in [0, 0.1) is 11.3 Å². The lowest BCUT2D eigenvalue weighted by molar-refractivity contribution is -0.132. The number of benzene rings is 2. The summed E-state index contributed by atoms with van der Waals surface area (Å²) in [5.74, 6) is -1.22. The first-order valence-electron chi connectivity index (χ1n) is 5.72. The van der Waals surface area contributed by atoms with E-state index in [0.717, 1.165) is 0 Å². The normalized spacial score (nSPS) is 8.95. The van der Waals surface area contributed by atoms with Crippen LogP contribution >= 0.6 is 0 Å². The van der Waals surface area contributed by atoms with E-state index in [9.17, 15) is 9.90 Å². The van der Waals surface area contributed by atoms with Gasteiger partial charge in [0, 0.05) is 5.57 Å². The van der Waals surface area contributed by atoms with Crippen molar-refractivity contribution in [2.45, 2.75) is 0 Å². The second kappa shape index (κ2) is 6.88. The molecule has 0 amide bonds. The lowest BCUT2D eigenvalue weighted by Gasteiger charge is -2.09. The molecule has 20 heavy (non-hydrogen) atoms. The zero-order chi connectivity index (χ0) is 13.7. The highest BCUT2D eigenvalue weighted by atomic mass is 16.4. The number of carboxylic acids is 1. The summed E-state index contributed by atoms with van der Waals surface area (Å²) >= 11 is 0. The number of hydrogen-bond acceptors (Lipinski definition) is 2. The average molecular weight is 267 g/mol. The van der Waals surface area contributed by atoms with Crippen molar-refractivity contribution in [3.05, 3.63) is 77.4 Å². The van der Waals surface area contributed by atoms with Crippen LogP contribution in [0.3, 0.4) is 0 Å². The highest BCUT2D eigenvalue weighted by molar-refractivity contribution is 6.04. The summed E-state index contributed by atoms with van der Waals surface area (Å²) in [7, 11) is 0. The van der Waals surface area contributed by atoms with Gasteiger partial charge in [0.25, 0.3) is 0 Å². The second-order valence-corrected chi connectivity index (χ2v) is 3.90. The van der Waals surface area contributed by atoms with Gasteiger partial charge in [0.2, 0.25) is 0 Å². The smallest absolute Gasteiger partial charge is 0.347 e. The van der Waals surface area contributed by atoms with Crippen LogP contribution in [0.5, 0.6) is 0 Å². The molecular formula is C16H13NO3. The van der Waals surface area contributed by atoms with Crippen LogP contribution in [0.2, 0.25) is 0 Å². The van der Waals surface area contributed by atoms with Crippen LogP contribution in [-0.4, -0.2) is 16.6 Å². The third-order valence-electron chi connectivity index (χ3n) is 2.70.